The number of nitrogens with zero attached hydrogens (tertiary/aromatic N) is 2. The summed E-state index contributed by atoms with van der Waals surface area (Å²) in [7, 11) is 3.47. The minimum absolute atomic E-state index is 0.0107. The molecule has 27 heavy (non-hydrogen) atoms. The summed E-state index contributed by atoms with van der Waals surface area (Å²) in [6.45, 7) is 4.00. The third-order valence-corrected chi connectivity index (χ3v) is 6.02. The van der Waals surface area contributed by atoms with E-state index in [4.69, 9.17) is 0 Å². The number of rotatable bonds is 7. The monoisotopic (exact) mass is 374 g/mol. The lowest BCUT2D eigenvalue weighted by Gasteiger charge is -2.19. The van der Waals surface area contributed by atoms with Crippen LogP contribution in [-0.2, 0) is 4.79 Å². The fourth-order valence-corrected chi connectivity index (χ4v) is 4.33. The summed E-state index contributed by atoms with van der Waals surface area (Å²) in [5, 5.41) is 20.7. The van der Waals surface area contributed by atoms with Gasteiger partial charge in [-0.05, 0) is 49.9 Å². The first-order valence-corrected chi connectivity index (χ1v) is 9.97. The average molecular weight is 375 g/mol. The molecule has 0 bridgehead atoms. The van der Waals surface area contributed by atoms with Crippen molar-refractivity contribution in [1.29, 1.82) is 0 Å². The Morgan fingerprint density at radius 1 is 1.33 bits per heavy atom. The zero-order valence-electron chi connectivity index (χ0n) is 17.0. The first-order chi connectivity index (χ1) is 12.8. The lowest BCUT2D eigenvalue weighted by atomic mass is 9.89. The maximum absolute atomic E-state index is 11.6. The molecular formula is C22H34N2O3. The Bertz CT molecular complexity index is 617. The van der Waals surface area contributed by atoms with Crippen LogP contribution in [0.3, 0.4) is 0 Å². The van der Waals surface area contributed by atoms with Crippen LogP contribution in [0, 0.1) is 41.4 Å². The van der Waals surface area contributed by atoms with Crippen LogP contribution in [0.1, 0.15) is 39.5 Å². The van der Waals surface area contributed by atoms with E-state index >= 15 is 0 Å². The molecule has 2 rings (SSSR count). The van der Waals surface area contributed by atoms with Crippen LogP contribution >= 0.6 is 0 Å². The Balaban J connectivity index is 1.90. The molecule has 0 aromatic carbocycles. The molecular weight excluding hydrogens is 340 g/mol. The second kappa shape index (κ2) is 10.1. The van der Waals surface area contributed by atoms with Gasteiger partial charge in [0.15, 0.2) is 0 Å². The minimum Gasteiger partial charge on any atom is -0.392 e. The summed E-state index contributed by atoms with van der Waals surface area (Å²) in [4.78, 5) is 17.5. The molecule has 0 aromatic rings. The van der Waals surface area contributed by atoms with E-state index in [1.54, 1.807) is 25.9 Å². The summed E-state index contributed by atoms with van der Waals surface area (Å²) in [5.41, 5.74) is 0. The second-order valence-corrected chi connectivity index (χ2v) is 8.30. The number of likely N-dealkylation sites (N-methyl/N-ethyl adjacent to an activating group) is 1. The topological polar surface area (TPSA) is 73.1 Å². The highest BCUT2D eigenvalue weighted by Gasteiger charge is 2.46. The van der Waals surface area contributed by atoms with E-state index < -0.39 is 6.10 Å². The normalized spacial score (nSPS) is 32.3. The van der Waals surface area contributed by atoms with Gasteiger partial charge in [0.2, 0.25) is 5.91 Å². The van der Waals surface area contributed by atoms with Crippen molar-refractivity contribution in [3.8, 4) is 11.8 Å². The van der Waals surface area contributed by atoms with Gasteiger partial charge in [-0.2, -0.15) is 0 Å². The molecule has 5 heteroatoms. The quantitative estimate of drug-likeness (QED) is 0.407. The van der Waals surface area contributed by atoms with Gasteiger partial charge in [0, 0.05) is 32.6 Å². The van der Waals surface area contributed by atoms with Crippen LogP contribution in [0.4, 0.5) is 0 Å². The molecule has 2 saturated carbocycles. The number of amides is 1. The summed E-state index contributed by atoms with van der Waals surface area (Å²) >= 11 is 0. The molecule has 1 amide bonds. The smallest absolute Gasteiger partial charge is 0.243 e. The minimum atomic E-state index is -0.534. The van der Waals surface area contributed by atoms with Crippen molar-refractivity contribution >= 4 is 12.1 Å². The first-order valence-electron chi connectivity index (χ1n) is 9.97. The summed E-state index contributed by atoms with van der Waals surface area (Å²) in [6.07, 6.45) is 8.43. The van der Waals surface area contributed by atoms with Gasteiger partial charge in [-0.1, -0.05) is 19.1 Å². The molecule has 2 aliphatic rings. The molecule has 2 N–H and O–H groups in total. The van der Waals surface area contributed by atoms with E-state index in [1.807, 2.05) is 25.3 Å². The van der Waals surface area contributed by atoms with Crippen LogP contribution in [0.15, 0.2) is 17.1 Å². The Morgan fingerprint density at radius 3 is 2.74 bits per heavy atom. The molecule has 0 aliphatic heterocycles. The lowest BCUT2D eigenvalue weighted by molar-refractivity contribution is -0.127. The molecule has 7 atom stereocenters. The van der Waals surface area contributed by atoms with Gasteiger partial charge in [-0.25, -0.2) is 0 Å². The predicted molar refractivity (Wildman–Crippen MR) is 108 cm³/mol. The van der Waals surface area contributed by atoms with Crippen molar-refractivity contribution in [1.82, 2.24) is 4.90 Å². The molecule has 0 saturated heterocycles. The predicted octanol–water partition coefficient (Wildman–Crippen LogP) is 2.14. The number of hydrogen-bond acceptors (Lipinski definition) is 4. The fourth-order valence-electron chi connectivity index (χ4n) is 4.33. The van der Waals surface area contributed by atoms with Gasteiger partial charge >= 0.3 is 0 Å². The first kappa shape index (κ1) is 21.7. The van der Waals surface area contributed by atoms with Crippen LogP contribution in [-0.4, -0.2) is 60.1 Å². The van der Waals surface area contributed by atoms with E-state index in [-0.39, 0.29) is 30.4 Å². The Labute approximate surface area is 163 Å². The van der Waals surface area contributed by atoms with Crippen molar-refractivity contribution in [2.75, 3.05) is 20.6 Å². The highest BCUT2D eigenvalue weighted by Crippen LogP contribution is 2.50. The zero-order valence-corrected chi connectivity index (χ0v) is 17.0. The highest BCUT2D eigenvalue weighted by molar-refractivity contribution is 5.79. The van der Waals surface area contributed by atoms with Gasteiger partial charge in [0.1, 0.15) is 6.54 Å². The number of aliphatic hydroxyl groups is 2. The van der Waals surface area contributed by atoms with E-state index in [1.165, 1.54) is 0 Å². The van der Waals surface area contributed by atoms with Crippen LogP contribution < -0.4 is 0 Å². The van der Waals surface area contributed by atoms with E-state index in [0.29, 0.717) is 24.2 Å². The van der Waals surface area contributed by atoms with Gasteiger partial charge in [0.05, 0.1) is 12.2 Å². The Morgan fingerprint density at radius 2 is 2.07 bits per heavy atom. The molecule has 2 aliphatic carbocycles. The van der Waals surface area contributed by atoms with Crippen molar-refractivity contribution in [3.05, 3.63) is 12.2 Å². The summed E-state index contributed by atoms with van der Waals surface area (Å²) in [6, 6.07) is 0. The Kier molecular flexibility index (Phi) is 8.07. The molecule has 150 valence electrons. The van der Waals surface area contributed by atoms with E-state index in [2.05, 4.69) is 16.8 Å². The van der Waals surface area contributed by atoms with Crippen LogP contribution in [0.5, 0.6) is 0 Å². The number of carbonyl (C=O) groups is 1. The van der Waals surface area contributed by atoms with Gasteiger partial charge < -0.3 is 15.1 Å². The van der Waals surface area contributed by atoms with E-state index in [0.717, 1.165) is 19.3 Å². The van der Waals surface area contributed by atoms with Crippen LogP contribution in [0.2, 0.25) is 0 Å². The molecule has 0 aromatic heterocycles. The summed E-state index contributed by atoms with van der Waals surface area (Å²) in [5.74, 6) is 7.36. The van der Waals surface area contributed by atoms with Crippen molar-refractivity contribution in [2.24, 2.45) is 34.6 Å². The molecule has 1 unspecified atom stereocenters. The highest BCUT2D eigenvalue weighted by atomic mass is 16.3. The number of fused-ring (bicyclic) bond motifs is 1. The third-order valence-electron chi connectivity index (χ3n) is 6.02. The number of carbonyl (C=O) groups excluding carboxylic acids is 1. The standard InChI is InChI=1S/C22H34N2O3/c1-5-6-7-15(2)20(25)9-8-18-19-11-16(10-17(19)12-21(18)26)13-23-14-22(27)24(3)4/h8-9,13,15-21,25-26H,7,10-12,14H2,1-4H3/t15-,16?,17+,18-,19+,20-,21-/m1/s1. The van der Waals surface area contributed by atoms with Gasteiger partial charge in [-0.15, -0.1) is 11.8 Å². The molecule has 0 heterocycles. The maximum atomic E-state index is 11.6. The van der Waals surface area contributed by atoms with Crippen molar-refractivity contribution in [2.45, 2.75) is 51.7 Å². The molecule has 2 fully saturated rings. The Hall–Kier alpha value is -1.64. The van der Waals surface area contributed by atoms with Gasteiger partial charge in [-0.3, -0.25) is 9.79 Å². The number of aliphatic hydroxyl groups excluding tert-OH is 2. The molecule has 0 radical (unpaired) electrons. The van der Waals surface area contributed by atoms with Crippen molar-refractivity contribution in [3.63, 3.8) is 0 Å². The number of hydrogen-bond donors (Lipinski definition) is 2. The lowest BCUT2D eigenvalue weighted by Crippen LogP contribution is -2.24. The molecule has 5 nitrogen and oxygen atoms in total. The number of aliphatic imine (C=N–C) groups is 1. The van der Waals surface area contributed by atoms with Crippen molar-refractivity contribution < 1.29 is 15.0 Å². The summed E-state index contributed by atoms with van der Waals surface area (Å²) < 4.78 is 0. The fraction of sp³-hybridized carbons (Fsp3) is 0.727. The average Bonchev–Trinajstić information content (AvgIpc) is 3.13. The third kappa shape index (κ3) is 5.92. The zero-order chi connectivity index (χ0) is 20.0. The molecule has 0 spiro atoms. The largest absolute Gasteiger partial charge is 0.392 e. The second-order valence-electron chi connectivity index (χ2n) is 8.30. The van der Waals surface area contributed by atoms with Crippen LogP contribution in [0.25, 0.3) is 0 Å². The maximum Gasteiger partial charge on any atom is 0.243 e. The van der Waals surface area contributed by atoms with E-state index in [9.17, 15) is 15.0 Å². The van der Waals surface area contributed by atoms with Gasteiger partial charge in [0.25, 0.3) is 0 Å². The SMILES string of the molecule is CC#CC[C@@H](C)[C@H](O)C=C[C@@H]1[C@H]2CC(C=NCC(=O)N(C)C)C[C@H]2C[C@H]1O.